The molecule has 2 aliphatic rings. The molecule has 0 atom stereocenters. The van der Waals surface area contributed by atoms with Crippen LogP contribution in [0.3, 0.4) is 0 Å². The van der Waals surface area contributed by atoms with Crippen LogP contribution in [0.5, 0.6) is 5.88 Å². The van der Waals surface area contributed by atoms with Gasteiger partial charge >= 0.3 is 0 Å². The minimum absolute atomic E-state index is 0.0489. The Kier molecular flexibility index (Phi) is 8.44. The summed E-state index contributed by atoms with van der Waals surface area (Å²) in [6.45, 7) is 7.61. The molecule has 0 radical (unpaired) electrons. The summed E-state index contributed by atoms with van der Waals surface area (Å²) < 4.78 is 52.6. The van der Waals surface area contributed by atoms with E-state index in [-0.39, 0.29) is 24.1 Å². The van der Waals surface area contributed by atoms with Gasteiger partial charge in [0.15, 0.2) is 0 Å². The molecule has 0 saturated carbocycles. The van der Waals surface area contributed by atoms with Crippen molar-refractivity contribution in [3.05, 3.63) is 83.4 Å². The van der Waals surface area contributed by atoms with Crippen molar-refractivity contribution in [2.24, 2.45) is 0 Å². The number of halogens is 3. The summed E-state index contributed by atoms with van der Waals surface area (Å²) in [6.07, 6.45) is -2.18. The van der Waals surface area contributed by atoms with Gasteiger partial charge in [-0.1, -0.05) is 12.1 Å². The van der Waals surface area contributed by atoms with Crippen LogP contribution in [0.15, 0.2) is 60.7 Å². The Morgan fingerprint density at radius 1 is 0.930 bits per heavy atom. The molecule has 11 heteroatoms. The fraction of sp³-hybridized carbons (Fsp3) is 0.344. The molecule has 8 nitrogen and oxygen atoms in total. The highest BCUT2D eigenvalue weighted by molar-refractivity contribution is 5.85. The number of anilines is 2. The molecule has 4 aromatic rings. The van der Waals surface area contributed by atoms with Crippen LogP contribution < -0.4 is 15.4 Å². The maximum atomic E-state index is 13.7. The number of hydrogen-bond donors (Lipinski definition) is 1. The molecule has 2 aromatic heterocycles. The molecule has 2 aromatic carbocycles. The molecule has 2 fully saturated rings. The van der Waals surface area contributed by atoms with Crippen LogP contribution >= 0.6 is 0 Å². The fourth-order valence-electron chi connectivity index (χ4n) is 5.51. The third-order valence-corrected chi connectivity index (χ3v) is 7.88. The van der Waals surface area contributed by atoms with Gasteiger partial charge in [0.05, 0.1) is 37.1 Å². The highest BCUT2D eigenvalue weighted by atomic mass is 19.3. The van der Waals surface area contributed by atoms with Gasteiger partial charge in [0.1, 0.15) is 11.5 Å². The Hall–Kier alpha value is -4.22. The second-order valence-corrected chi connectivity index (χ2v) is 10.8. The predicted octanol–water partition coefficient (Wildman–Crippen LogP) is 5.32. The van der Waals surface area contributed by atoms with E-state index in [0.29, 0.717) is 40.5 Å². The van der Waals surface area contributed by atoms with Crippen molar-refractivity contribution in [2.75, 3.05) is 56.6 Å². The Morgan fingerprint density at radius 3 is 2.30 bits per heavy atom. The normalized spacial score (nSPS) is 16.0. The number of piperazine rings is 1. The molecule has 0 amide bonds. The van der Waals surface area contributed by atoms with Gasteiger partial charge in [0.25, 0.3) is 6.43 Å². The number of nitrogen functional groups attached to an aromatic ring is 1. The second-order valence-electron chi connectivity index (χ2n) is 10.8. The summed E-state index contributed by atoms with van der Waals surface area (Å²) in [6, 6.07) is 17.7. The van der Waals surface area contributed by atoms with Crippen LogP contribution in [-0.4, -0.2) is 71.9 Å². The van der Waals surface area contributed by atoms with Gasteiger partial charge in [0.2, 0.25) is 11.8 Å². The maximum Gasteiger partial charge on any atom is 0.280 e. The van der Waals surface area contributed by atoms with E-state index in [9.17, 15) is 13.2 Å². The van der Waals surface area contributed by atoms with Gasteiger partial charge < -0.3 is 20.1 Å². The van der Waals surface area contributed by atoms with Gasteiger partial charge in [-0.05, 0) is 66.6 Å². The van der Waals surface area contributed by atoms with E-state index in [4.69, 9.17) is 15.2 Å². The zero-order valence-electron chi connectivity index (χ0n) is 23.8. The number of benzene rings is 2. The van der Waals surface area contributed by atoms with Crippen LogP contribution in [0.25, 0.3) is 22.4 Å². The average Bonchev–Trinajstić information content (AvgIpc) is 2.97. The average molecular weight is 591 g/mol. The molecular weight excluding hydrogens is 557 g/mol. The van der Waals surface area contributed by atoms with E-state index in [1.54, 1.807) is 25.1 Å². The Bertz CT molecular complexity index is 1560. The molecule has 224 valence electrons. The lowest BCUT2D eigenvalue weighted by Crippen LogP contribution is -2.56. The number of aromatic nitrogens is 3. The number of nitrogens with zero attached hydrogens (tertiary/aromatic N) is 5. The van der Waals surface area contributed by atoms with Crippen molar-refractivity contribution >= 4 is 11.6 Å². The molecular formula is C32H33F3N6O2. The van der Waals surface area contributed by atoms with E-state index in [1.807, 2.05) is 0 Å². The van der Waals surface area contributed by atoms with Crippen molar-refractivity contribution in [1.82, 2.24) is 19.9 Å². The van der Waals surface area contributed by atoms with Gasteiger partial charge in [-0.3, -0.25) is 9.88 Å². The van der Waals surface area contributed by atoms with Crippen molar-refractivity contribution in [3.63, 3.8) is 0 Å². The van der Waals surface area contributed by atoms with Crippen LogP contribution in [0.1, 0.15) is 23.4 Å². The highest BCUT2D eigenvalue weighted by Crippen LogP contribution is 2.39. The van der Waals surface area contributed by atoms with Crippen molar-refractivity contribution < 1.29 is 22.6 Å². The number of pyridine rings is 1. The smallest absolute Gasteiger partial charge is 0.280 e. The lowest BCUT2D eigenvalue weighted by atomic mass is 9.99. The molecule has 2 aliphatic heterocycles. The standard InChI is InChI=1S/C32H33F3N6O2/c1-20-16-23(17-27(37-20)30(34)35)28-29(22-4-6-24(33)7-5-22)38-32(36)39-31(28)43-15-10-21-2-8-25(9-3-21)40-11-13-41(14-12-40)26-18-42-19-26/h2-9,16-17,26,30H,10-15,18-19H2,1H3,(H2,36,38,39). The molecule has 0 spiro atoms. The molecule has 4 heterocycles. The first-order valence-corrected chi connectivity index (χ1v) is 14.3. The summed E-state index contributed by atoms with van der Waals surface area (Å²) >= 11 is 0. The molecule has 6 rings (SSSR count). The van der Waals surface area contributed by atoms with E-state index >= 15 is 0 Å². The van der Waals surface area contributed by atoms with Gasteiger partial charge in [-0.2, -0.15) is 4.98 Å². The minimum atomic E-state index is -2.77. The molecule has 43 heavy (non-hydrogen) atoms. The second kappa shape index (κ2) is 12.6. The van der Waals surface area contributed by atoms with Crippen molar-refractivity contribution in [3.8, 4) is 28.3 Å². The van der Waals surface area contributed by atoms with Gasteiger partial charge in [-0.25, -0.2) is 18.2 Å². The third-order valence-electron chi connectivity index (χ3n) is 7.88. The molecule has 0 aliphatic carbocycles. The SMILES string of the molecule is Cc1cc(-c2c(OCCc3ccc(N4CCN(C5COC5)CC4)cc3)nc(N)nc2-c2ccc(F)cc2)cc(C(F)F)n1. The first-order chi connectivity index (χ1) is 20.8. The van der Waals surface area contributed by atoms with E-state index in [0.717, 1.165) is 45.0 Å². The number of ether oxygens (including phenoxy) is 2. The van der Waals surface area contributed by atoms with E-state index < -0.39 is 12.2 Å². The highest BCUT2D eigenvalue weighted by Gasteiger charge is 2.29. The molecule has 0 bridgehead atoms. The number of rotatable bonds is 9. The quantitative estimate of drug-likeness (QED) is 0.281. The largest absolute Gasteiger partial charge is 0.477 e. The predicted molar refractivity (Wildman–Crippen MR) is 159 cm³/mol. The lowest BCUT2D eigenvalue weighted by molar-refractivity contribution is -0.0660. The first kappa shape index (κ1) is 28.9. The summed E-state index contributed by atoms with van der Waals surface area (Å²) in [5.74, 6) is -0.309. The summed E-state index contributed by atoms with van der Waals surface area (Å²) in [5.41, 5.74) is 10.0. The molecule has 2 saturated heterocycles. The van der Waals surface area contributed by atoms with Gasteiger partial charge in [0, 0.05) is 49.5 Å². The van der Waals surface area contributed by atoms with Crippen molar-refractivity contribution in [2.45, 2.75) is 25.8 Å². The van der Waals surface area contributed by atoms with Gasteiger partial charge in [-0.15, -0.1) is 0 Å². The summed E-state index contributed by atoms with van der Waals surface area (Å²) in [7, 11) is 0. The number of aryl methyl sites for hydroxylation is 1. The van der Waals surface area contributed by atoms with Crippen LogP contribution in [0.2, 0.25) is 0 Å². The number of alkyl halides is 2. The maximum absolute atomic E-state index is 13.7. The third kappa shape index (κ3) is 6.57. The van der Waals surface area contributed by atoms with Crippen molar-refractivity contribution in [1.29, 1.82) is 0 Å². The number of hydrogen-bond acceptors (Lipinski definition) is 8. The summed E-state index contributed by atoms with van der Waals surface area (Å²) in [4.78, 5) is 17.6. The Balaban J connectivity index is 1.21. The molecule has 2 N–H and O–H groups in total. The van der Waals surface area contributed by atoms with E-state index in [1.165, 1.54) is 23.9 Å². The Morgan fingerprint density at radius 2 is 1.65 bits per heavy atom. The number of nitrogens with two attached hydrogens (primary N) is 1. The zero-order chi connectivity index (χ0) is 29.9. The van der Waals surface area contributed by atoms with Crippen LogP contribution in [-0.2, 0) is 11.2 Å². The first-order valence-electron chi connectivity index (χ1n) is 14.3. The lowest BCUT2D eigenvalue weighted by Gasteiger charge is -2.43. The van der Waals surface area contributed by atoms with Crippen LogP contribution in [0, 0.1) is 12.7 Å². The zero-order valence-corrected chi connectivity index (χ0v) is 23.8. The fourth-order valence-corrected chi connectivity index (χ4v) is 5.51. The van der Waals surface area contributed by atoms with E-state index in [2.05, 4.69) is 49.0 Å². The van der Waals surface area contributed by atoms with Crippen LogP contribution in [0.4, 0.5) is 24.8 Å². The summed E-state index contributed by atoms with van der Waals surface area (Å²) in [5, 5.41) is 0. The Labute approximate surface area is 248 Å². The monoisotopic (exact) mass is 590 g/mol. The minimum Gasteiger partial charge on any atom is -0.477 e. The molecule has 0 unspecified atom stereocenters. The topological polar surface area (TPSA) is 89.6 Å².